The van der Waals surface area contributed by atoms with E-state index in [9.17, 15) is 0 Å². The van der Waals surface area contributed by atoms with Gasteiger partial charge in [0, 0.05) is 7.11 Å². The van der Waals surface area contributed by atoms with Crippen LogP contribution < -0.4 is 5.19 Å². The molecule has 0 aliphatic heterocycles. The molecule has 0 spiro atoms. The molecule has 0 aliphatic carbocycles. The van der Waals surface area contributed by atoms with Crippen LogP contribution in [-0.2, 0) is 4.43 Å². The van der Waals surface area contributed by atoms with Crippen molar-refractivity contribution in [2.24, 2.45) is 0 Å². The summed E-state index contributed by atoms with van der Waals surface area (Å²) in [4.78, 5) is 0. The van der Waals surface area contributed by atoms with E-state index in [1.54, 1.807) is 0 Å². The SMILES string of the molecule is CO[Si](c1ccc(-c2ccccc2)cc1)(C(C)C)C(C)C. The minimum absolute atomic E-state index is 0.560. The highest BCUT2D eigenvalue weighted by molar-refractivity contribution is 6.88. The maximum atomic E-state index is 6.13. The van der Waals surface area contributed by atoms with Crippen LogP contribution in [0.15, 0.2) is 54.6 Å². The number of hydrogen-bond donors (Lipinski definition) is 0. The van der Waals surface area contributed by atoms with E-state index in [4.69, 9.17) is 4.43 Å². The molecule has 0 aromatic heterocycles. The summed E-state index contributed by atoms with van der Waals surface area (Å²) in [5, 5.41) is 1.40. The molecule has 0 aliphatic rings. The molecule has 2 rings (SSSR count). The molecule has 0 unspecified atom stereocenters. The number of rotatable bonds is 5. The van der Waals surface area contributed by atoms with Crippen molar-refractivity contribution in [1.82, 2.24) is 0 Å². The summed E-state index contributed by atoms with van der Waals surface area (Å²) in [6.07, 6.45) is 0. The van der Waals surface area contributed by atoms with Crippen molar-refractivity contribution in [3.63, 3.8) is 0 Å². The van der Waals surface area contributed by atoms with Gasteiger partial charge in [-0.15, -0.1) is 0 Å². The second kappa shape index (κ2) is 6.59. The van der Waals surface area contributed by atoms with Gasteiger partial charge in [0.05, 0.1) is 0 Å². The standard InChI is InChI=1S/C19H26OSi/c1-15(2)21(20-5,16(3)4)19-13-11-18(12-14-19)17-9-7-6-8-10-17/h6-16H,1-5H3. The van der Waals surface area contributed by atoms with E-state index in [1.165, 1.54) is 16.3 Å². The fourth-order valence-electron chi connectivity index (χ4n) is 3.48. The van der Waals surface area contributed by atoms with E-state index in [0.717, 1.165) is 0 Å². The summed E-state index contributed by atoms with van der Waals surface area (Å²) in [6.45, 7) is 9.17. The topological polar surface area (TPSA) is 9.23 Å². The average Bonchev–Trinajstić information content (AvgIpc) is 2.49. The van der Waals surface area contributed by atoms with Crippen molar-refractivity contribution in [1.29, 1.82) is 0 Å². The van der Waals surface area contributed by atoms with Crippen LogP contribution in [-0.4, -0.2) is 15.4 Å². The first-order valence-electron chi connectivity index (χ1n) is 7.73. The van der Waals surface area contributed by atoms with Gasteiger partial charge < -0.3 is 4.43 Å². The monoisotopic (exact) mass is 298 g/mol. The van der Waals surface area contributed by atoms with Crippen LogP contribution in [0.3, 0.4) is 0 Å². The van der Waals surface area contributed by atoms with Gasteiger partial charge in [0.1, 0.15) is 0 Å². The molecule has 2 aromatic carbocycles. The maximum absolute atomic E-state index is 6.13. The third kappa shape index (κ3) is 2.97. The molecule has 0 saturated heterocycles. The zero-order valence-electron chi connectivity index (χ0n) is 13.8. The van der Waals surface area contributed by atoms with Crippen LogP contribution in [0.4, 0.5) is 0 Å². The first kappa shape index (κ1) is 16.0. The van der Waals surface area contributed by atoms with E-state index in [0.29, 0.717) is 11.1 Å². The molecular formula is C19H26OSi. The van der Waals surface area contributed by atoms with Gasteiger partial charge in [0.25, 0.3) is 0 Å². The third-order valence-corrected chi connectivity index (χ3v) is 9.84. The lowest BCUT2D eigenvalue weighted by Gasteiger charge is -2.37. The predicted molar refractivity (Wildman–Crippen MR) is 94.5 cm³/mol. The minimum Gasteiger partial charge on any atom is -0.415 e. The van der Waals surface area contributed by atoms with Crippen LogP contribution in [0.1, 0.15) is 27.7 Å². The van der Waals surface area contributed by atoms with Crippen molar-refractivity contribution in [2.75, 3.05) is 7.11 Å². The van der Waals surface area contributed by atoms with Gasteiger partial charge in [-0.1, -0.05) is 82.3 Å². The molecule has 0 saturated carbocycles. The Balaban J connectivity index is 2.41. The van der Waals surface area contributed by atoms with Gasteiger partial charge in [-0.05, 0) is 27.4 Å². The highest BCUT2D eigenvalue weighted by atomic mass is 28.4. The number of hydrogen-bond acceptors (Lipinski definition) is 1. The van der Waals surface area contributed by atoms with Crippen LogP contribution in [0.25, 0.3) is 11.1 Å². The van der Waals surface area contributed by atoms with Gasteiger partial charge in [-0.2, -0.15) is 0 Å². The number of benzene rings is 2. The second-order valence-electron chi connectivity index (χ2n) is 6.25. The van der Waals surface area contributed by atoms with E-state index in [2.05, 4.69) is 82.3 Å². The average molecular weight is 299 g/mol. The van der Waals surface area contributed by atoms with Crippen LogP contribution in [0.2, 0.25) is 11.1 Å². The van der Waals surface area contributed by atoms with Crippen molar-refractivity contribution in [3.05, 3.63) is 54.6 Å². The van der Waals surface area contributed by atoms with E-state index in [-0.39, 0.29) is 0 Å². The molecule has 21 heavy (non-hydrogen) atoms. The highest BCUT2D eigenvalue weighted by Gasteiger charge is 2.42. The summed E-state index contributed by atoms with van der Waals surface area (Å²) < 4.78 is 6.13. The molecule has 0 radical (unpaired) electrons. The van der Waals surface area contributed by atoms with Gasteiger partial charge in [0.15, 0.2) is 0 Å². The highest BCUT2D eigenvalue weighted by Crippen LogP contribution is 2.33. The zero-order valence-corrected chi connectivity index (χ0v) is 14.8. The second-order valence-corrected chi connectivity index (χ2v) is 11.1. The predicted octanol–water partition coefficient (Wildman–Crippen LogP) is 4.97. The summed E-state index contributed by atoms with van der Waals surface area (Å²) in [7, 11) is -0.0379. The van der Waals surface area contributed by atoms with Crippen LogP contribution in [0, 0.1) is 0 Å². The van der Waals surface area contributed by atoms with Crippen molar-refractivity contribution in [3.8, 4) is 11.1 Å². The Labute approximate surface area is 130 Å². The van der Waals surface area contributed by atoms with Crippen molar-refractivity contribution >= 4 is 13.5 Å². The Kier molecular flexibility index (Phi) is 5.02. The van der Waals surface area contributed by atoms with Gasteiger partial charge >= 0.3 is 0 Å². The lowest BCUT2D eigenvalue weighted by atomic mass is 10.1. The quantitative estimate of drug-likeness (QED) is 0.708. The summed E-state index contributed by atoms with van der Waals surface area (Å²) >= 11 is 0. The smallest absolute Gasteiger partial charge is 0.228 e. The van der Waals surface area contributed by atoms with E-state index >= 15 is 0 Å². The molecule has 0 N–H and O–H groups in total. The third-order valence-electron chi connectivity index (χ3n) is 4.50. The molecular weight excluding hydrogens is 272 g/mol. The molecule has 0 amide bonds. The molecule has 1 nitrogen and oxygen atoms in total. The zero-order chi connectivity index (χ0) is 15.5. The molecule has 0 heterocycles. The molecule has 2 heteroatoms. The van der Waals surface area contributed by atoms with Crippen LogP contribution in [0.5, 0.6) is 0 Å². The normalized spacial score (nSPS) is 12.1. The first-order chi connectivity index (χ1) is 10.0. The van der Waals surface area contributed by atoms with Gasteiger partial charge in [0.2, 0.25) is 8.32 Å². The molecule has 2 aromatic rings. The summed E-state index contributed by atoms with van der Waals surface area (Å²) in [5.74, 6) is 0. The Bertz CT molecular complexity index is 550. The molecule has 0 bridgehead atoms. The fraction of sp³-hybridized carbons (Fsp3) is 0.368. The first-order valence-corrected chi connectivity index (χ1v) is 9.79. The Morgan fingerprint density at radius 1 is 0.714 bits per heavy atom. The van der Waals surface area contributed by atoms with Crippen LogP contribution >= 0.6 is 0 Å². The fourth-order valence-corrected chi connectivity index (χ4v) is 8.01. The van der Waals surface area contributed by atoms with E-state index in [1.807, 2.05) is 7.11 Å². The van der Waals surface area contributed by atoms with Crippen molar-refractivity contribution in [2.45, 2.75) is 38.8 Å². The van der Waals surface area contributed by atoms with Gasteiger partial charge in [-0.3, -0.25) is 0 Å². The van der Waals surface area contributed by atoms with E-state index < -0.39 is 8.32 Å². The minimum atomic E-state index is -1.92. The largest absolute Gasteiger partial charge is 0.415 e. The lowest BCUT2D eigenvalue weighted by molar-refractivity contribution is 0.385. The molecule has 0 fully saturated rings. The Hall–Kier alpha value is -1.38. The molecule has 112 valence electrons. The summed E-state index contributed by atoms with van der Waals surface area (Å²) in [5.41, 5.74) is 3.66. The Morgan fingerprint density at radius 3 is 1.62 bits per heavy atom. The van der Waals surface area contributed by atoms with Crippen molar-refractivity contribution < 1.29 is 4.43 Å². The Morgan fingerprint density at radius 2 is 1.19 bits per heavy atom. The maximum Gasteiger partial charge on any atom is 0.228 e. The summed E-state index contributed by atoms with van der Waals surface area (Å²) in [6, 6.07) is 19.5. The molecule has 0 atom stereocenters. The van der Waals surface area contributed by atoms with Gasteiger partial charge in [-0.25, -0.2) is 0 Å². The lowest BCUT2D eigenvalue weighted by Crippen LogP contribution is -2.55.